The van der Waals surface area contributed by atoms with E-state index in [1.807, 2.05) is 13.8 Å². The standard InChI is InChI=1S/C17H35N3O4Si/c1-11(2)14(19-12(3)21)16(23)20-13(15(18)22)9-10-24-25(7,8)17(4,5)6/h11,13-14H,9-10H2,1-8H3,(H2,18,22)(H,19,21)(H,20,23)/t13-,14+/m0/s1. The lowest BCUT2D eigenvalue weighted by atomic mass is 10.0. The van der Waals surface area contributed by atoms with Crippen LogP contribution in [-0.4, -0.2) is 44.7 Å². The van der Waals surface area contributed by atoms with Crippen LogP contribution >= 0.6 is 0 Å². The van der Waals surface area contributed by atoms with E-state index in [4.69, 9.17) is 10.2 Å². The summed E-state index contributed by atoms with van der Waals surface area (Å²) in [7, 11) is -1.93. The van der Waals surface area contributed by atoms with Gasteiger partial charge in [-0.3, -0.25) is 14.4 Å². The van der Waals surface area contributed by atoms with Crippen LogP contribution in [0.15, 0.2) is 0 Å². The van der Waals surface area contributed by atoms with Crippen molar-refractivity contribution in [3.8, 4) is 0 Å². The molecule has 0 saturated carbocycles. The first-order valence-corrected chi connectivity index (χ1v) is 11.6. The number of hydrogen-bond donors (Lipinski definition) is 3. The van der Waals surface area contributed by atoms with Crippen LogP contribution in [0.5, 0.6) is 0 Å². The molecular formula is C17H35N3O4Si. The number of nitrogens with one attached hydrogen (secondary N) is 2. The number of primary amides is 1. The second kappa shape index (κ2) is 9.33. The van der Waals surface area contributed by atoms with E-state index >= 15 is 0 Å². The van der Waals surface area contributed by atoms with Crippen molar-refractivity contribution < 1.29 is 18.8 Å². The lowest BCUT2D eigenvalue weighted by Crippen LogP contribution is -2.55. The topological polar surface area (TPSA) is 111 Å². The van der Waals surface area contributed by atoms with Crippen molar-refractivity contribution in [1.82, 2.24) is 10.6 Å². The monoisotopic (exact) mass is 373 g/mol. The summed E-state index contributed by atoms with van der Waals surface area (Å²) in [5, 5.41) is 5.29. The Labute approximate surface area is 152 Å². The predicted octanol–water partition coefficient (Wildman–Crippen LogP) is 1.53. The van der Waals surface area contributed by atoms with Crippen LogP contribution in [0.25, 0.3) is 0 Å². The summed E-state index contributed by atoms with van der Waals surface area (Å²) in [6.07, 6.45) is 0.304. The van der Waals surface area contributed by atoms with Gasteiger partial charge >= 0.3 is 0 Å². The molecule has 0 fully saturated rings. The lowest BCUT2D eigenvalue weighted by molar-refractivity contribution is -0.132. The van der Waals surface area contributed by atoms with Gasteiger partial charge in [-0.25, -0.2) is 0 Å². The summed E-state index contributed by atoms with van der Waals surface area (Å²) in [6, 6.07) is -1.53. The van der Waals surface area contributed by atoms with E-state index in [2.05, 4.69) is 44.5 Å². The molecule has 0 aromatic rings. The summed E-state index contributed by atoms with van der Waals surface area (Å²) in [5.41, 5.74) is 5.41. The molecule has 0 unspecified atom stereocenters. The van der Waals surface area contributed by atoms with Gasteiger partial charge in [0, 0.05) is 13.5 Å². The molecular weight excluding hydrogens is 338 g/mol. The first-order valence-electron chi connectivity index (χ1n) is 8.69. The van der Waals surface area contributed by atoms with Gasteiger partial charge in [-0.05, 0) is 30.5 Å². The highest BCUT2D eigenvalue weighted by Crippen LogP contribution is 2.36. The Balaban J connectivity index is 4.83. The largest absolute Gasteiger partial charge is 0.417 e. The molecule has 146 valence electrons. The van der Waals surface area contributed by atoms with Gasteiger partial charge in [-0.1, -0.05) is 34.6 Å². The van der Waals surface area contributed by atoms with Crippen molar-refractivity contribution in [3.63, 3.8) is 0 Å². The second-order valence-corrected chi connectivity index (χ2v) is 13.1. The van der Waals surface area contributed by atoms with Crippen molar-refractivity contribution in [3.05, 3.63) is 0 Å². The Hall–Kier alpha value is -1.41. The molecule has 8 heteroatoms. The molecule has 0 aromatic heterocycles. The maximum atomic E-state index is 12.4. The summed E-state index contributed by atoms with van der Waals surface area (Å²) in [6.45, 7) is 16.0. The molecule has 0 aliphatic rings. The second-order valence-electron chi connectivity index (χ2n) is 8.28. The van der Waals surface area contributed by atoms with Crippen LogP contribution in [0.4, 0.5) is 0 Å². The van der Waals surface area contributed by atoms with E-state index in [0.717, 1.165) is 0 Å². The molecule has 0 bridgehead atoms. The molecule has 0 aliphatic carbocycles. The van der Waals surface area contributed by atoms with Gasteiger partial charge in [-0.15, -0.1) is 0 Å². The van der Waals surface area contributed by atoms with Crippen molar-refractivity contribution in [1.29, 1.82) is 0 Å². The number of amides is 3. The van der Waals surface area contributed by atoms with E-state index in [1.54, 1.807) is 0 Å². The third kappa shape index (κ3) is 8.00. The zero-order valence-electron chi connectivity index (χ0n) is 16.9. The van der Waals surface area contributed by atoms with Crippen molar-refractivity contribution >= 4 is 26.0 Å². The molecule has 4 N–H and O–H groups in total. The third-order valence-electron chi connectivity index (χ3n) is 4.64. The SMILES string of the molecule is CC(=O)N[C@@H](C(=O)N[C@@H](CCO[Si](C)(C)C(C)(C)C)C(N)=O)C(C)C. The third-order valence-corrected chi connectivity index (χ3v) is 9.18. The molecule has 0 aliphatic heterocycles. The fourth-order valence-electron chi connectivity index (χ4n) is 1.95. The minimum Gasteiger partial charge on any atom is -0.417 e. The first kappa shape index (κ1) is 23.6. The van der Waals surface area contributed by atoms with Crippen molar-refractivity contribution in [2.45, 2.75) is 78.2 Å². The van der Waals surface area contributed by atoms with Gasteiger partial charge in [0.15, 0.2) is 8.32 Å². The Kier molecular flexibility index (Phi) is 8.80. The summed E-state index contributed by atoms with van der Waals surface area (Å²) < 4.78 is 6.04. The maximum Gasteiger partial charge on any atom is 0.243 e. The lowest BCUT2D eigenvalue weighted by Gasteiger charge is -2.36. The van der Waals surface area contributed by atoms with Crippen LogP contribution in [0.1, 0.15) is 48.0 Å². The molecule has 7 nitrogen and oxygen atoms in total. The highest BCUT2D eigenvalue weighted by Gasteiger charge is 2.37. The number of rotatable bonds is 9. The van der Waals surface area contributed by atoms with Crippen LogP contribution < -0.4 is 16.4 Å². The van der Waals surface area contributed by atoms with Gasteiger partial charge < -0.3 is 20.8 Å². The highest BCUT2D eigenvalue weighted by molar-refractivity contribution is 6.74. The summed E-state index contributed by atoms with van der Waals surface area (Å²) in [4.78, 5) is 35.3. The minimum atomic E-state index is -1.93. The van der Waals surface area contributed by atoms with E-state index in [9.17, 15) is 14.4 Å². The maximum absolute atomic E-state index is 12.4. The Morgan fingerprint density at radius 3 is 2.00 bits per heavy atom. The van der Waals surface area contributed by atoms with Crippen molar-refractivity contribution in [2.75, 3.05) is 6.61 Å². The molecule has 0 spiro atoms. The van der Waals surface area contributed by atoms with E-state index < -0.39 is 32.2 Å². The fourth-order valence-corrected chi connectivity index (χ4v) is 3.01. The smallest absolute Gasteiger partial charge is 0.243 e. The van der Waals surface area contributed by atoms with E-state index in [1.165, 1.54) is 6.92 Å². The molecule has 0 radical (unpaired) electrons. The molecule has 2 atom stereocenters. The van der Waals surface area contributed by atoms with Crippen LogP contribution in [0.2, 0.25) is 18.1 Å². The molecule has 25 heavy (non-hydrogen) atoms. The van der Waals surface area contributed by atoms with Crippen molar-refractivity contribution in [2.24, 2.45) is 11.7 Å². The van der Waals surface area contributed by atoms with E-state index in [0.29, 0.717) is 13.0 Å². The van der Waals surface area contributed by atoms with Crippen LogP contribution in [0.3, 0.4) is 0 Å². The number of carbonyl (C=O) groups is 3. The van der Waals surface area contributed by atoms with Gasteiger partial charge in [0.25, 0.3) is 0 Å². The Bertz CT molecular complexity index is 487. The van der Waals surface area contributed by atoms with Gasteiger partial charge in [0.1, 0.15) is 12.1 Å². The summed E-state index contributed by atoms with van der Waals surface area (Å²) in [5.74, 6) is -1.44. The minimum absolute atomic E-state index is 0.0621. The van der Waals surface area contributed by atoms with Gasteiger partial charge in [0.2, 0.25) is 17.7 Å². The number of hydrogen-bond acceptors (Lipinski definition) is 4. The highest BCUT2D eigenvalue weighted by atomic mass is 28.4. The quantitative estimate of drug-likeness (QED) is 0.532. The normalized spacial score (nSPS) is 14.8. The molecule has 0 saturated heterocycles. The average Bonchev–Trinajstić information content (AvgIpc) is 2.41. The zero-order valence-corrected chi connectivity index (χ0v) is 17.9. The van der Waals surface area contributed by atoms with Gasteiger partial charge in [-0.2, -0.15) is 0 Å². The zero-order chi connectivity index (χ0) is 20.0. The van der Waals surface area contributed by atoms with Gasteiger partial charge in [0.05, 0.1) is 0 Å². The summed E-state index contributed by atoms with van der Waals surface area (Å²) >= 11 is 0. The first-order chi connectivity index (χ1) is 11.2. The number of nitrogens with two attached hydrogens (primary N) is 1. The predicted molar refractivity (Wildman–Crippen MR) is 101 cm³/mol. The molecule has 0 heterocycles. The Morgan fingerprint density at radius 1 is 1.12 bits per heavy atom. The van der Waals surface area contributed by atoms with Crippen LogP contribution in [0, 0.1) is 5.92 Å². The van der Waals surface area contributed by atoms with E-state index in [-0.39, 0.29) is 16.9 Å². The molecule has 0 rings (SSSR count). The fraction of sp³-hybridized carbons (Fsp3) is 0.824. The molecule has 0 aromatic carbocycles. The number of carbonyl (C=O) groups excluding carboxylic acids is 3. The Morgan fingerprint density at radius 2 is 1.64 bits per heavy atom. The molecule has 3 amide bonds. The average molecular weight is 374 g/mol. The van der Waals surface area contributed by atoms with Crippen LogP contribution in [-0.2, 0) is 18.8 Å².